The summed E-state index contributed by atoms with van der Waals surface area (Å²) in [5.41, 5.74) is 2.22. The molecule has 0 amide bonds. The van der Waals surface area contributed by atoms with E-state index in [9.17, 15) is 0 Å². The van der Waals surface area contributed by atoms with Gasteiger partial charge in [0.05, 0.1) is 0 Å². The zero-order valence-corrected chi connectivity index (χ0v) is 17.1. The van der Waals surface area contributed by atoms with Crippen LogP contribution in [0.4, 0.5) is 5.13 Å². The molecule has 1 aromatic heterocycles. The average molecular weight is 419 g/mol. The molecule has 3 aromatic rings. The van der Waals surface area contributed by atoms with Gasteiger partial charge in [-0.25, -0.2) is 0 Å². The van der Waals surface area contributed by atoms with E-state index in [1.54, 1.807) is 0 Å². The maximum atomic E-state index is 6.26. The minimum absolute atomic E-state index is 0.724. The molecule has 4 rings (SSSR count). The van der Waals surface area contributed by atoms with Gasteiger partial charge >= 0.3 is 0 Å². The van der Waals surface area contributed by atoms with Crippen LogP contribution in [0.5, 0.6) is 0 Å². The van der Waals surface area contributed by atoms with E-state index < -0.39 is 0 Å². The maximum absolute atomic E-state index is 6.26. The summed E-state index contributed by atoms with van der Waals surface area (Å²) in [5.74, 6) is 0.771. The van der Waals surface area contributed by atoms with Crippen LogP contribution < -0.4 is 4.90 Å². The molecule has 1 saturated heterocycles. The van der Waals surface area contributed by atoms with Crippen molar-refractivity contribution in [3.05, 3.63) is 64.1 Å². The van der Waals surface area contributed by atoms with Gasteiger partial charge in [-0.15, -0.1) is 0 Å². The summed E-state index contributed by atoms with van der Waals surface area (Å²) >= 11 is 13.7. The minimum atomic E-state index is 0.724. The summed E-state index contributed by atoms with van der Waals surface area (Å²) in [4.78, 5) is 9.53. The van der Waals surface area contributed by atoms with Crippen LogP contribution in [0.1, 0.15) is 5.56 Å². The smallest absolute Gasteiger partial charge is 0.205 e. The van der Waals surface area contributed by atoms with E-state index in [-0.39, 0.29) is 0 Å². The van der Waals surface area contributed by atoms with Crippen molar-refractivity contribution >= 4 is 39.9 Å². The molecular weight excluding hydrogens is 399 g/mol. The predicted octanol–water partition coefficient (Wildman–Crippen LogP) is 4.88. The molecule has 2 heterocycles. The molecule has 4 nitrogen and oxygen atoms in total. The molecular formula is C20H20Cl2N4S. The second-order valence-electron chi connectivity index (χ2n) is 6.58. The van der Waals surface area contributed by atoms with Crippen LogP contribution in [0.3, 0.4) is 0 Å². The Bertz CT molecular complexity index is 889. The summed E-state index contributed by atoms with van der Waals surface area (Å²) in [6, 6.07) is 15.8. The summed E-state index contributed by atoms with van der Waals surface area (Å²) in [6.45, 7) is 5.03. The highest BCUT2D eigenvalue weighted by molar-refractivity contribution is 7.09. The number of benzene rings is 2. The number of hydrogen-bond acceptors (Lipinski definition) is 5. The first-order valence-electron chi connectivity index (χ1n) is 8.99. The lowest BCUT2D eigenvalue weighted by Crippen LogP contribution is -2.47. The van der Waals surface area contributed by atoms with Crippen LogP contribution >= 0.6 is 34.7 Å². The highest BCUT2D eigenvalue weighted by atomic mass is 35.5. The largest absolute Gasteiger partial charge is 0.344 e. The molecule has 0 spiro atoms. The van der Waals surface area contributed by atoms with Crippen molar-refractivity contribution in [1.29, 1.82) is 0 Å². The molecule has 27 heavy (non-hydrogen) atoms. The topological polar surface area (TPSA) is 32.3 Å². The van der Waals surface area contributed by atoms with Crippen molar-refractivity contribution in [1.82, 2.24) is 14.3 Å². The number of piperazine rings is 1. The fourth-order valence-electron chi connectivity index (χ4n) is 3.20. The Labute approximate surface area is 173 Å². The summed E-state index contributed by atoms with van der Waals surface area (Å²) in [7, 11) is 0. The summed E-state index contributed by atoms with van der Waals surface area (Å²) in [5, 5.41) is 2.58. The van der Waals surface area contributed by atoms with E-state index >= 15 is 0 Å². The number of nitrogens with zero attached hydrogens (tertiary/aromatic N) is 4. The van der Waals surface area contributed by atoms with E-state index in [4.69, 9.17) is 28.2 Å². The SMILES string of the molecule is Clc1ccc(-c2nsc(N3CCN(CCc4ccccc4Cl)CC3)n2)cc1. The molecule has 1 fully saturated rings. The Morgan fingerprint density at radius 3 is 2.41 bits per heavy atom. The third-order valence-corrected chi connectivity index (χ3v) is 6.21. The monoisotopic (exact) mass is 418 g/mol. The van der Waals surface area contributed by atoms with Crippen LogP contribution in [0.15, 0.2) is 48.5 Å². The molecule has 0 saturated carbocycles. The highest BCUT2D eigenvalue weighted by Crippen LogP contribution is 2.26. The van der Waals surface area contributed by atoms with Gasteiger partial charge in [0.1, 0.15) is 0 Å². The second-order valence-corrected chi connectivity index (χ2v) is 8.15. The van der Waals surface area contributed by atoms with Gasteiger partial charge in [0.2, 0.25) is 5.13 Å². The highest BCUT2D eigenvalue weighted by Gasteiger charge is 2.20. The molecule has 0 radical (unpaired) electrons. The maximum Gasteiger partial charge on any atom is 0.205 e. The van der Waals surface area contributed by atoms with Crippen molar-refractivity contribution in [3.63, 3.8) is 0 Å². The van der Waals surface area contributed by atoms with Gasteiger partial charge in [-0.1, -0.05) is 41.4 Å². The molecule has 0 bridgehead atoms. The van der Waals surface area contributed by atoms with Gasteiger partial charge in [0, 0.05) is 59.9 Å². The third-order valence-electron chi connectivity index (χ3n) is 4.82. The molecule has 0 unspecified atom stereocenters. The normalized spacial score (nSPS) is 15.3. The average Bonchev–Trinajstić information content (AvgIpc) is 3.18. The Morgan fingerprint density at radius 2 is 1.67 bits per heavy atom. The van der Waals surface area contributed by atoms with E-state index in [1.165, 1.54) is 17.1 Å². The molecule has 1 aliphatic heterocycles. The molecule has 0 atom stereocenters. The second kappa shape index (κ2) is 8.57. The van der Waals surface area contributed by atoms with Crippen LogP contribution in [-0.4, -0.2) is 47.0 Å². The van der Waals surface area contributed by atoms with Crippen molar-refractivity contribution in [3.8, 4) is 11.4 Å². The van der Waals surface area contributed by atoms with Gasteiger partial charge in [0.15, 0.2) is 5.82 Å². The van der Waals surface area contributed by atoms with Crippen LogP contribution in [0.25, 0.3) is 11.4 Å². The van der Waals surface area contributed by atoms with Gasteiger partial charge in [-0.2, -0.15) is 9.36 Å². The number of aromatic nitrogens is 2. The molecule has 140 valence electrons. The van der Waals surface area contributed by atoms with Crippen LogP contribution in [0.2, 0.25) is 10.0 Å². The lowest BCUT2D eigenvalue weighted by molar-refractivity contribution is 0.261. The minimum Gasteiger partial charge on any atom is -0.344 e. The number of anilines is 1. The standard InChI is InChI=1S/C20H20Cl2N4S/c21-17-7-5-16(6-8-17)19-23-20(27-24-19)26-13-11-25(12-14-26)10-9-15-3-1-2-4-18(15)22/h1-8H,9-14H2. The first kappa shape index (κ1) is 18.7. The fraction of sp³-hybridized carbons (Fsp3) is 0.300. The van der Waals surface area contributed by atoms with Crippen LogP contribution in [0, 0.1) is 0 Å². The first-order valence-corrected chi connectivity index (χ1v) is 10.5. The number of rotatable bonds is 5. The van der Waals surface area contributed by atoms with Crippen molar-refractivity contribution in [2.45, 2.75) is 6.42 Å². The number of hydrogen-bond donors (Lipinski definition) is 0. The van der Waals surface area contributed by atoms with E-state index in [0.717, 1.165) is 65.7 Å². The quantitative estimate of drug-likeness (QED) is 0.590. The predicted molar refractivity (Wildman–Crippen MR) is 114 cm³/mol. The fourth-order valence-corrected chi connectivity index (χ4v) is 4.30. The lowest BCUT2D eigenvalue weighted by Gasteiger charge is -2.34. The van der Waals surface area contributed by atoms with Crippen molar-refractivity contribution < 1.29 is 0 Å². The van der Waals surface area contributed by atoms with Crippen molar-refractivity contribution in [2.75, 3.05) is 37.6 Å². The Kier molecular flexibility index (Phi) is 5.93. The molecule has 7 heteroatoms. The first-order chi connectivity index (χ1) is 13.2. The molecule has 2 aromatic carbocycles. The zero-order valence-electron chi connectivity index (χ0n) is 14.8. The molecule has 0 aliphatic carbocycles. The van der Waals surface area contributed by atoms with Crippen molar-refractivity contribution in [2.24, 2.45) is 0 Å². The van der Waals surface area contributed by atoms with Gasteiger partial charge < -0.3 is 4.90 Å². The Hall–Kier alpha value is -1.66. The third kappa shape index (κ3) is 4.61. The van der Waals surface area contributed by atoms with Crippen LogP contribution in [-0.2, 0) is 6.42 Å². The molecule has 1 aliphatic rings. The lowest BCUT2D eigenvalue weighted by atomic mass is 10.1. The van der Waals surface area contributed by atoms with Gasteiger partial charge in [0.25, 0.3) is 0 Å². The Balaban J connectivity index is 1.32. The zero-order chi connectivity index (χ0) is 18.6. The van der Waals surface area contributed by atoms with E-state index in [0.29, 0.717) is 0 Å². The van der Waals surface area contributed by atoms with Gasteiger partial charge in [-0.3, -0.25) is 4.90 Å². The summed E-state index contributed by atoms with van der Waals surface area (Å²) in [6.07, 6.45) is 0.985. The number of halogens is 2. The molecule has 0 N–H and O–H groups in total. The van der Waals surface area contributed by atoms with Gasteiger partial charge in [-0.05, 0) is 42.3 Å². The van der Waals surface area contributed by atoms with E-state index in [1.807, 2.05) is 42.5 Å². The van der Waals surface area contributed by atoms with E-state index in [2.05, 4.69) is 20.2 Å². The Morgan fingerprint density at radius 1 is 0.926 bits per heavy atom. The summed E-state index contributed by atoms with van der Waals surface area (Å²) < 4.78 is 4.51.